The predicted octanol–water partition coefficient (Wildman–Crippen LogP) is 4.87. The number of benzene rings is 3. The van der Waals surface area contributed by atoms with Crippen LogP contribution in [0.15, 0.2) is 81.8 Å². The monoisotopic (exact) mass is 504 g/mol. The number of hydrogen-bond acceptors (Lipinski definition) is 8. The second kappa shape index (κ2) is 9.59. The van der Waals surface area contributed by atoms with Crippen molar-refractivity contribution in [2.45, 2.75) is 19.9 Å². The number of hydrogen-bond donors (Lipinski definition) is 2. The van der Waals surface area contributed by atoms with Crippen LogP contribution in [0.4, 0.5) is 11.4 Å². The number of rotatable bonds is 5. The van der Waals surface area contributed by atoms with Gasteiger partial charge in [0.2, 0.25) is 5.88 Å². The SMILES string of the molecule is Cc1c(C#N)c(O)n(CCc2ccccc2)c(=O)c1N=Nc1cccc2c1C(=O)c1c(O)cccc1C2=O. The molecule has 38 heavy (non-hydrogen) atoms. The van der Waals surface area contributed by atoms with Gasteiger partial charge in [0, 0.05) is 23.2 Å². The lowest BCUT2D eigenvalue weighted by atomic mass is 9.83. The van der Waals surface area contributed by atoms with Gasteiger partial charge < -0.3 is 10.2 Å². The van der Waals surface area contributed by atoms with E-state index in [-0.39, 0.29) is 57.0 Å². The number of aryl methyl sites for hydroxylation is 1. The summed E-state index contributed by atoms with van der Waals surface area (Å²) in [6.45, 7) is 1.56. The Balaban J connectivity index is 1.59. The molecule has 0 saturated heterocycles. The zero-order valence-electron chi connectivity index (χ0n) is 20.2. The van der Waals surface area contributed by atoms with Crippen molar-refractivity contribution < 1.29 is 19.8 Å². The molecule has 4 aromatic rings. The lowest BCUT2D eigenvalue weighted by molar-refractivity contribution is 0.0977. The number of aromatic nitrogens is 1. The number of nitrogens with zero attached hydrogens (tertiary/aromatic N) is 4. The summed E-state index contributed by atoms with van der Waals surface area (Å²) in [5, 5.41) is 38.8. The number of ketones is 2. The van der Waals surface area contributed by atoms with Crippen LogP contribution >= 0.6 is 0 Å². The summed E-state index contributed by atoms with van der Waals surface area (Å²) in [7, 11) is 0. The topological polar surface area (TPSA) is 145 Å². The number of azo groups is 1. The molecular formula is C29H20N4O5. The molecule has 1 aromatic heterocycles. The summed E-state index contributed by atoms with van der Waals surface area (Å²) in [5.74, 6) is -1.83. The third kappa shape index (κ3) is 3.94. The molecule has 2 N–H and O–H groups in total. The molecule has 186 valence electrons. The van der Waals surface area contributed by atoms with E-state index in [1.165, 1.54) is 43.3 Å². The molecule has 0 amide bonds. The van der Waals surface area contributed by atoms with E-state index in [4.69, 9.17) is 0 Å². The second-order valence-corrected chi connectivity index (χ2v) is 8.73. The Morgan fingerprint density at radius 2 is 1.53 bits per heavy atom. The van der Waals surface area contributed by atoms with Gasteiger partial charge in [-0.2, -0.15) is 5.26 Å². The molecule has 9 nitrogen and oxygen atoms in total. The second-order valence-electron chi connectivity index (χ2n) is 8.73. The molecule has 0 spiro atoms. The summed E-state index contributed by atoms with van der Waals surface area (Å²) >= 11 is 0. The van der Waals surface area contributed by atoms with Crippen LogP contribution in [-0.4, -0.2) is 26.3 Å². The first-order valence-corrected chi connectivity index (χ1v) is 11.7. The molecule has 1 heterocycles. The van der Waals surface area contributed by atoms with E-state index >= 15 is 0 Å². The van der Waals surface area contributed by atoms with Crippen LogP contribution in [0.3, 0.4) is 0 Å². The molecule has 0 radical (unpaired) electrons. The minimum Gasteiger partial charge on any atom is -0.507 e. The van der Waals surface area contributed by atoms with Crippen LogP contribution < -0.4 is 5.56 Å². The maximum absolute atomic E-state index is 13.3. The number of carbonyl (C=O) groups excluding carboxylic acids is 2. The van der Waals surface area contributed by atoms with Crippen molar-refractivity contribution in [3.05, 3.63) is 116 Å². The van der Waals surface area contributed by atoms with E-state index in [0.717, 1.165) is 10.1 Å². The molecule has 0 bridgehead atoms. The van der Waals surface area contributed by atoms with Gasteiger partial charge in [0.1, 0.15) is 17.4 Å². The number of phenolic OH excluding ortho intramolecular Hbond substituents is 1. The first-order valence-electron chi connectivity index (χ1n) is 11.7. The lowest BCUT2D eigenvalue weighted by Crippen LogP contribution is -2.23. The Labute approximate surface area is 216 Å². The van der Waals surface area contributed by atoms with Gasteiger partial charge in [-0.15, -0.1) is 10.2 Å². The van der Waals surface area contributed by atoms with Gasteiger partial charge in [0.05, 0.1) is 16.8 Å². The Morgan fingerprint density at radius 1 is 0.842 bits per heavy atom. The fourth-order valence-corrected chi connectivity index (χ4v) is 4.54. The summed E-state index contributed by atoms with van der Waals surface area (Å²) in [6.07, 6.45) is 0.421. The van der Waals surface area contributed by atoms with Crippen molar-refractivity contribution in [3.8, 4) is 17.7 Å². The van der Waals surface area contributed by atoms with Gasteiger partial charge in [-0.25, -0.2) is 0 Å². The standard InChI is InChI=1S/C29H20N4O5/c1-16-20(15-30)28(37)33(14-13-17-7-3-2-4-8-17)29(38)25(16)32-31-21-11-5-9-18-23(21)27(36)24-19(26(18)35)10-6-12-22(24)34/h2-12,34,37H,13-14H2,1H3. The molecule has 3 aromatic carbocycles. The van der Waals surface area contributed by atoms with Gasteiger partial charge in [0.15, 0.2) is 17.3 Å². The Bertz CT molecular complexity index is 1760. The fraction of sp³-hybridized carbons (Fsp3) is 0.103. The van der Waals surface area contributed by atoms with Crippen molar-refractivity contribution in [1.29, 1.82) is 5.26 Å². The summed E-state index contributed by atoms with van der Waals surface area (Å²) in [4.78, 5) is 39.7. The van der Waals surface area contributed by atoms with E-state index in [1.54, 1.807) is 0 Å². The van der Waals surface area contributed by atoms with E-state index < -0.39 is 23.0 Å². The normalized spacial score (nSPS) is 12.3. The van der Waals surface area contributed by atoms with Crippen molar-refractivity contribution in [2.75, 3.05) is 0 Å². The van der Waals surface area contributed by atoms with Gasteiger partial charge in [-0.1, -0.05) is 54.6 Å². The molecule has 1 aliphatic rings. The number of fused-ring (bicyclic) bond motifs is 2. The first kappa shape index (κ1) is 24.3. The molecule has 1 aliphatic carbocycles. The largest absolute Gasteiger partial charge is 0.507 e. The van der Waals surface area contributed by atoms with E-state index in [0.29, 0.717) is 6.42 Å². The maximum Gasteiger partial charge on any atom is 0.281 e. The fourth-order valence-electron chi connectivity index (χ4n) is 4.54. The van der Waals surface area contributed by atoms with Crippen LogP contribution in [0.1, 0.15) is 48.5 Å². The molecule has 9 heteroatoms. The van der Waals surface area contributed by atoms with Crippen LogP contribution in [0, 0.1) is 18.3 Å². The molecule has 0 fully saturated rings. The van der Waals surface area contributed by atoms with E-state index in [1.807, 2.05) is 36.4 Å². The average Bonchev–Trinajstić information content (AvgIpc) is 2.92. The summed E-state index contributed by atoms with van der Waals surface area (Å²) in [6, 6.07) is 20.0. The molecule has 0 unspecified atom stereocenters. The van der Waals surface area contributed by atoms with Gasteiger partial charge in [0.25, 0.3) is 5.56 Å². The number of aromatic hydroxyl groups is 2. The van der Waals surface area contributed by atoms with Gasteiger partial charge >= 0.3 is 0 Å². The number of nitriles is 1. The molecule has 0 aliphatic heterocycles. The highest BCUT2D eigenvalue weighted by Crippen LogP contribution is 2.37. The summed E-state index contributed by atoms with van der Waals surface area (Å²) in [5.41, 5.74) is 0.157. The zero-order valence-corrected chi connectivity index (χ0v) is 20.2. The van der Waals surface area contributed by atoms with Crippen molar-refractivity contribution in [3.63, 3.8) is 0 Å². The van der Waals surface area contributed by atoms with Gasteiger partial charge in [-0.3, -0.25) is 19.0 Å². The van der Waals surface area contributed by atoms with Crippen LogP contribution in [0.2, 0.25) is 0 Å². The highest BCUT2D eigenvalue weighted by atomic mass is 16.3. The smallest absolute Gasteiger partial charge is 0.281 e. The van der Waals surface area contributed by atoms with E-state index in [2.05, 4.69) is 10.2 Å². The molecule has 0 atom stereocenters. The Kier molecular flexibility index (Phi) is 6.15. The zero-order chi connectivity index (χ0) is 27.0. The quantitative estimate of drug-likeness (QED) is 0.327. The Morgan fingerprint density at radius 3 is 2.24 bits per heavy atom. The predicted molar refractivity (Wildman–Crippen MR) is 138 cm³/mol. The number of carbonyl (C=O) groups is 2. The van der Waals surface area contributed by atoms with Crippen molar-refractivity contribution >= 4 is 22.9 Å². The van der Waals surface area contributed by atoms with Crippen molar-refractivity contribution in [1.82, 2.24) is 4.57 Å². The number of phenols is 1. The van der Waals surface area contributed by atoms with Gasteiger partial charge in [-0.05, 0) is 31.0 Å². The highest BCUT2D eigenvalue weighted by molar-refractivity contribution is 6.30. The maximum atomic E-state index is 13.3. The average molecular weight is 505 g/mol. The van der Waals surface area contributed by atoms with E-state index in [9.17, 15) is 29.9 Å². The minimum atomic E-state index is -0.658. The minimum absolute atomic E-state index is 0.0240. The Hall–Kier alpha value is -5.36. The third-order valence-electron chi connectivity index (χ3n) is 6.52. The molecular weight excluding hydrogens is 484 g/mol. The highest BCUT2D eigenvalue weighted by Gasteiger charge is 2.33. The molecule has 5 rings (SSSR count). The van der Waals surface area contributed by atoms with Crippen molar-refractivity contribution in [2.24, 2.45) is 10.2 Å². The van der Waals surface area contributed by atoms with Crippen LogP contribution in [0.5, 0.6) is 11.6 Å². The summed E-state index contributed by atoms with van der Waals surface area (Å²) < 4.78 is 1.07. The lowest BCUT2D eigenvalue weighted by Gasteiger charge is -2.19. The molecule has 0 saturated carbocycles. The number of pyridine rings is 1. The van der Waals surface area contributed by atoms with Crippen LogP contribution in [0.25, 0.3) is 0 Å². The first-order chi connectivity index (χ1) is 18.3. The third-order valence-corrected chi connectivity index (χ3v) is 6.52. The van der Waals surface area contributed by atoms with Crippen LogP contribution in [-0.2, 0) is 13.0 Å².